The number of hydrogen-bond acceptors (Lipinski definition) is 2. The molecule has 21 heavy (non-hydrogen) atoms. The van der Waals surface area contributed by atoms with Crippen LogP contribution in [0, 0.1) is 6.92 Å². The Morgan fingerprint density at radius 3 is 2.52 bits per heavy atom. The van der Waals surface area contributed by atoms with Gasteiger partial charge in [-0.3, -0.25) is 9.78 Å². The summed E-state index contributed by atoms with van der Waals surface area (Å²) in [6.07, 6.45) is 3.43. The van der Waals surface area contributed by atoms with Crippen molar-refractivity contribution in [2.45, 2.75) is 6.92 Å². The number of nitrogens with one attached hydrogen (secondary N) is 1. The molecule has 2 aromatic heterocycles. The number of pyridine rings is 1. The van der Waals surface area contributed by atoms with Crippen molar-refractivity contribution in [3.05, 3.63) is 66.0 Å². The lowest BCUT2D eigenvalue weighted by Crippen LogP contribution is -2.11. The zero-order chi connectivity index (χ0) is 14.8. The van der Waals surface area contributed by atoms with Gasteiger partial charge in [0.15, 0.2) is 0 Å². The normalized spacial score (nSPS) is 10.5. The van der Waals surface area contributed by atoms with Gasteiger partial charge in [-0.15, -0.1) is 0 Å². The Kier molecular flexibility index (Phi) is 3.28. The van der Waals surface area contributed by atoms with Crippen molar-refractivity contribution in [1.29, 1.82) is 0 Å². The molecule has 0 saturated carbocycles. The number of aromatic nitrogens is 2. The van der Waals surface area contributed by atoms with Crippen molar-refractivity contribution in [3.8, 4) is 22.5 Å². The Hall–Kier alpha value is -2.88. The van der Waals surface area contributed by atoms with E-state index >= 15 is 0 Å². The van der Waals surface area contributed by atoms with E-state index in [1.807, 2.05) is 43.3 Å². The van der Waals surface area contributed by atoms with Crippen molar-refractivity contribution in [2.24, 2.45) is 5.73 Å². The Bertz CT molecular complexity index is 791. The zero-order valence-electron chi connectivity index (χ0n) is 11.6. The number of carbonyl (C=O) groups excluding carboxylic acids is 1. The SMILES string of the molecule is Cc1cccc(-c2[nH]c(-c3ccncc3)cc2C(N)=O)c1. The molecular weight excluding hydrogens is 262 g/mol. The predicted molar refractivity (Wildman–Crippen MR) is 82.7 cm³/mol. The summed E-state index contributed by atoms with van der Waals surface area (Å²) >= 11 is 0. The van der Waals surface area contributed by atoms with Crippen LogP contribution in [0.2, 0.25) is 0 Å². The molecule has 0 radical (unpaired) electrons. The number of benzene rings is 1. The summed E-state index contributed by atoms with van der Waals surface area (Å²) in [4.78, 5) is 19.0. The van der Waals surface area contributed by atoms with Gasteiger partial charge in [0, 0.05) is 23.7 Å². The molecule has 0 aliphatic heterocycles. The number of primary amides is 1. The molecule has 3 N–H and O–H groups in total. The molecule has 1 aromatic carbocycles. The van der Waals surface area contributed by atoms with Gasteiger partial charge in [0.25, 0.3) is 5.91 Å². The number of amides is 1. The van der Waals surface area contributed by atoms with Gasteiger partial charge in [-0.2, -0.15) is 0 Å². The Balaban J connectivity index is 2.16. The molecule has 0 fully saturated rings. The lowest BCUT2D eigenvalue weighted by atomic mass is 10.1. The van der Waals surface area contributed by atoms with E-state index in [1.165, 1.54) is 0 Å². The van der Waals surface area contributed by atoms with Crippen LogP contribution in [0.25, 0.3) is 22.5 Å². The minimum absolute atomic E-state index is 0.442. The van der Waals surface area contributed by atoms with E-state index in [0.717, 1.165) is 28.1 Å². The number of aryl methyl sites for hydroxylation is 1. The van der Waals surface area contributed by atoms with Gasteiger partial charge in [0.1, 0.15) is 0 Å². The predicted octanol–water partition coefficient (Wildman–Crippen LogP) is 3.15. The highest BCUT2D eigenvalue weighted by Gasteiger charge is 2.15. The molecule has 3 rings (SSSR count). The summed E-state index contributed by atoms with van der Waals surface area (Å²) < 4.78 is 0. The fourth-order valence-electron chi connectivity index (χ4n) is 2.36. The third-order valence-corrected chi connectivity index (χ3v) is 3.38. The van der Waals surface area contributed by atoms with Gasteiger partial charge < -0.3 is 10.7 Å². The second-order valence-electron chi connectivity index (χ2n) is 4.94. The molecule has 4 nitrogen and oxygen atoms in total. The van der Waals surface area contributed by atoms with Gasteiger partial charge in [-0.1, -0.05) is 23.8 Å². The van der Waals surface area contributed by atoms with Gasteiger partial charge in [0.05, 0.1) is 11.3 Å². The van der Waals surface area contributed by atoms with E-state index < -0.39 is 5.91 Å². The first kappa shape index (κ1) is 13.1. The number of aromatic amines is 1. The van der Waals surface area contributed by atoms with Crippen LogP contribution in [0.5, 0.6) is 0 Å². The molecule has 104 valence electrons. The van der Waals surface area contributed by atoms with Crippen molar-refractivity contribution < 1.29 is 4.79 Å². The maximum atomic E-state index is 11.7. The molecule has 0 unspecified atom stereocenters. The van der Waals surface area contributed by atoms with E-state index in [-0.39, 0.29) is 0 Å². The summed E-state index contributed by atoms with van der Waals surface area (Å²) in [6, 6.07) is 13.5. The van der Waals surface area contributed by atoms with Crippen LogP contribution in [-0.2, 0) is 0 Å². The lowest BCUT2D eigenvalue weighted by Gasteiger charge is -2.03. The zero-order valence-corrected chi connectivity index (χ0v) is 11.6. The van der Waals surface area contributed by atoms with Gasteiger partial charge >= 0.3 is 0 Å². The van der Waals surface area contributed by atoms with E-state index in [9.17, 15) is 4.79 Å². The number of carbonyl (C=O) groups is 1. The molecule has 0 aliphatic carbocycles. The fourth-order valence-corrected chi connectivity index (χ4v) is 2.36. The Labute approximate surface area is 122 Å². The first-order valence-electron chi connectivity index (χ1n) is 6.65. The van der Waals surface area contributed by atoms with Crippen LogP contribution in [0.15, 0.2) is 54.9 Å². The fraction of sp³-hybridized carbons (Fsp3) is 0.0588. The van der Waals surface area contributed by atoms with Crippen molar-refractivity contribution in [2.75, 3.05) is 0 Å². The van der Waals surface area contributed by atoms with E-state index in [4.69, 9.17) is 5.73 Å². The van der Waals surface area contributed by atoms with Crippen LogP contribution < -0.4 is 5.73 Å². The van der Waals surface area contributed by atoms with Gasteiger partial charge in [-0.05, 0) is 36.8 Å². The molecule has 0 atom stereocenters. The quantitative estimate of drug-likeness (QED) is 0.772. The minimum atomic E-state index is -0.442. The molecule has 3 aromatic rings. The summed E-state index contributed by atoms with van der Waals surface area (Å²) in [5, 5.41) is 0. The summed E-state index contributed by atoms with van der Waals surface area (Å²) in [5.74, 6) is -0.442. The standard InChI is InChI=1S/C17H15N3O/c1-11-3-2-4-13(9-11)16-14(17(18)21)10-15(20-16)12-5-7-19-8-6-12/h2-10,20H,1H3,(H2,18,21). The average molecular weight is 277 g/mol. The number of hydrogen-bond donors (Lipinski definition) is 2. The molecular formula is C17H15N3O. The van der Waals surface area contributed by atoms with E-state index in [0.29, 0.717) is 5.56 Å². The maximum absolute atomic E-state index is 11.7. The number of rotatable bonds is 3. The van der Waals surface area contributed by atoms with Crippen LogP contribution in [0.3, 0.4) is 0 Å². The molecule has 0 spiro atoms. The summed E-state index contributed by atoms with van der Waals surface area (Å²) in [7, 11) is 0. The second-order valence-corrected chi connectivity index (χ2v) is 4.94. The Morgan fingerprint density at radius 1 is 1.10 bits per heavy atom. The molecule has 0 aliphatic rings. The van der Waals surface area contributed by atoms with Crippen LogP contribution >= 0.6 is 0 Å². The maximum Gasteiger partial charge on any atom is 0.250 e. The van der Waals surface area contributed by atoms with E-state index in [1.54, 1.807) is 18.5 Å². The Morgan fingerprint density at radius 2 is 1.86 bits per heavy atom. The lowest BCUT2D eigenvalue weighted by molar-refractivity contribution is 0.100. The highest BCUT2D eigenvalue weighted by molar-refractivity contribution is 6.00. The molecule has 2 heterocycles. The monoisotopic (exact) mass is 277 g/mol. The van der Waals surface area contributed by atoms with Gasteiger partial charge in [0.2, 0.25) is 0 Å². The first-order chi connectivity index (χ1) is 10.1. The third-order valence-electron chi connectivity index (χ3n) is 3.38. The highest BCUT2D eigenvalue weighted by Crippen LogP contribution is 2.29. The second kappa shape index (κ2) is 5.25. The molecule has 0 saturated heterocycles. The average Bonchev–Trinajstić information content (AvgIpc) is 2.93. The smallest absolute Gasteiger partial charge is 0.250 e. The van der Waals surface area contributed by atoms with Crippen LogP contribution in [-0.4, -0.2) is 15.9 Å². The molecule has 4 heteroatoms. The summed E-state index contributed by atoms with van der Waals surface area (Å²) in [6.45, 7) is 2.01. The first-order valence-corrected chi connectivity index (χ1v) is 6.65. The number of nitrogens with zero attached hydrogens (tertiary/aromatic N) is 1. The van der Waals surface area contributed by atoms with E-state index in [2.05, 4.69) is 9.97 Å². The number of H-pyrrole nitrogens is 1. The highest BCUT2D eigenvalue weighted by atomic mass is 16.1. The van der Waals surface area contributed by atoms with Crippen LogP contribution in [0.1, 0.15) is 15.9 Å². The third kappa shape index (κ3) is 2.56. The largest absolute Gasteiger partial charge is 0.366 e. The summed E-state index contributed by atoms with van der Waals surface area (Å²) in [5.41, 5.74) is 10.6. The van der Waals surface area contributed by atoms with Crippen molar-refractivity contribution in [1.82, 2.24) is 9.97 Å². The van der Waals surface area contributed by atoms with Crippen molar-refractivity contribution in [3.63, 3.8) is 0 Å². The topological polar surface area (TPSA) is 71.8 Å². The molecule has 0 bridgehead atoms. The van der Waals surface area contributed by atoms with Crippen LogP contribution in [0.4, 0.5) is 0 Å². The minimum Gasteiger partial charge on any atom is -0.366 e. The number of nitrogens with two attached hydrogens (primary N) is 1. The van der Waals surface area contributed by atoms with Crippen molar-refractivity contribution >= 4 is 5.91 Å². The molecule has 1 amide bonds. The van der Waals surface area contributed by atoms with Gasteiger partial charge in [-0.25, -0.2) is 0 Å².